The molecule has 0 bridgehead atoms. The van der Waals surface area contributed by atoms with E-state index in [1.54, 1.807) is 9.80 Å². The molecule has 0 spiro atoms. The van der Waals surface area contributed by atoms with Crippen molar-refractivity contribution < 1.29 is 14.7 Å². The van der Waals surface area contributed by atoms with E-state index in [-0.39, 0.29) is 30.4 Å². The highest BCUT2D eigenvalue weighted by atomic mass is 16.3. The summed E-state index contributed by atoms with van der Waals surface area (Å²) in [5.41, 5.74) is 1.42. The number of benzene rings is 1. The van der Waals surface area contributed by atoms with Crippen molar-refractivity contribution in [3.8, 4) is 0 Å². The summed E-state index contributed by atoms with van der Waals surface area (Å²) in [4.78, 5) is 29.2. The quantitative estimate of drug-likeness (QED) is 0.892. The van der Waals surface area contributed by atoms with Crippen molar-refractivity contribution in [2.24, 2.45) is 11.8 Å². The van der Waals surface area contributed by atoms with Crippen LogP contribution in [0, 0.1) is 11.8 Å². The second-order valence-corrected chi connectivity index (χ2v) is 6.77. The molecule has 6 nitrogen and oxygen atoms in total. The molecule has 2 aliphatic heterocycles. The first-order chi connectivity index (χ1) is 11.6. The van der Waals surface area contributed by atoms with E-state index in [2.05, 4.69) is 5.32 Å². The number of rotatable bonds is 3. The Kier molecular flexibility index (Phi) is 4.76. The average Bonchev–Trinajstić information content (AvgIpc) is 3.08. The molecule has 1 aromatic carbocycles. The molecule has 24 heavy (non-hydrogen) atoms. The van der Waals surface area contributed by atoms with Gasteiger partial charge in [-0.1, -0.05) is 32.4 Å². The van der Waals surface area contributed by atoms with Crippen LogP contribution >= 0.6 is 0 Å². The molecule has 130 valence electrons. The molecule has 1 aromatic rings. The Labute approximate surface area is 142 Å². The largest absolute Gasteiger partial charge is 0.396 e. The number of aliphatic hydroxyl groups is 1. The van der Waals surface area contributed by atoms with E-state index < -0.39 is 6.04 Å². The molecule has 0 aromatic heterocycles. The Balaban J connectivity index is 1.96. The fourth-order valence-corrected chi connectivity index (χ4v) is 3.53. The predicted molar refractivity (Wildman–Crippen MR) is 93.0 cm³/mol. The number of hydrogen-bond donors (Lipinski definition) is 2. The molecule has 3 amide bonds. The number of carbonyl (C=O) groups is 2. The summed E-state index contributed by atoms with van der Waals surface area (Å²) >= 11 is 0. The van der Waals surface area contributed by atoms with Crippen LogP contribution in [-0.4, -0.2) is 47.7 Å². The molecule has 3 atom stereocenters. The van der Waals surface area contributed by atoms with Crippen LogP contribution < -0.4 is 10.2 Å². The van der Waals surface area contributed by atoms with Gasteiger partial charge >= 0.3 is 6.03 Å². The van der Waals surface area contributed by atoms with Crippen LogP contribution in [0.3, 0.4) is 0 Å². The maximum atomic E-state index is 13.2. The van der Waals surface area contributed by atoms with Gasteiger partial charge in [-0.15, -0.1) is 0 Å². The zero-order valence-electron chi connectivity index (χ0n) is 14.2. The number of nitrogens with zero attached hydrogens (tertiary/aromatic N) is 2. The van der Waals surface area contributed by atoms with E-state index in [9.17, 15) is 14.7 Å². The minimum atomic E-state index is -0.509. The minimum absolute atomic E-state index is 0.0542. The Bertz CT molecular complexity index is 634. The summed E-state index contributed by atoms with van der Waals surface area (Å²) in [5, 5.41) is 12.3. The SMILES string of the molecule is CC[C@H](C)[C@H]1C(=O)Nc2ccccc2N1C(=O)N1CC[C@@H](CO)C1. The fourth-order valence-electron chi connectivity index (χ4n) is 3.53. The number of carbonyl (C=O) groups excluding carboxylic acids is 2. The number of para-hydroxylation sites is 2. The number of fused-ring (bicyclic) bond motifs is 1. The van der Waals surface area contributed by atoms with Crippen LogP contribution in [0.2, 0.25) is 0 Å². The highest BCUT2D eigenvalue weighted by Gasteiger charge is 2.42. The van der Waals surface area contributed by atoms with Gasteiger partial charge in [0.25, 0.3) is 0 Å². The van der Waals surface area contributed by atoms with Crippen molar-refractivity contribution in [3.63, 3.8) is 0 Å². The highest BCUT2D eigenvalue weighted by Crippen LogP contribution is 2.36. The summed E-state index contributed by atoms with van der Waals surface area (Å²) in [6.45, 7) is 5.29. The van der Waals surface area contributed by atoms with Gasteiger partial charge in [0.05, 0.1) is 11.4 Å². The molecule has 0 radical (unpaired) electrons. The van der Waals surface area contributed by atoms with Crippen LogP contribution in [0.5, 0.6) is 0 Å². The number of urea groups is 1. The molecule has 1 fully saturated rings. The number of aliphatic hydroxyl groups excluding tert-OH is 1. The smallest absolute Gasteiger partial charge is 0.325 e. The van der Waals surface area contributed by atoms with E-state index in [1.165, 1.54) is 0 Å². The first kappa shape index (κ1) is 16.8. The predicted octanol–water partition coefficient (Wildman–Crippen LogP) is 2.29. The van der Waals surface area contributed by atoms with Gasteiger partial charge in [-0.2, -0.15) is 0 Å². The molecule has 2 aliphatic rings. The fraction of sp³-hybridized carbons (Fsp3) is 0.556. The van der Waals surface area contributed by atoms with Crippen LogP contribution in [0.4, 0.5) is 16.2 Å². The van der Waals surface area contributed by atoms with E-state index in [0.717, 1.165) is 18.5 Å². The molecular formula is C18H25N3O3. The Morgan fingerprint density at radius 3 is 2.83 bits per heavy atom. The van der Waals surface area contributed by atoms with Gasteiger partial charge in [-0.05, 0) is 24.5 Å². The second kappa shape index (κ2) is 6.81. The molecule has 2 heterocycles. The topological polar surface area (TPSA) is 72.9 Å². The third-order valence-corrected chi connectivity index (χ3v) is 5.17. The summed E-state index contributed by atoms with van der Waals surface area (Å²) in [5.74, 6) is 0.0534. The number of nitrogens with one attached hydrogen (secondary N) is 1. The van der Waals surface area contributed by atoms with Crippen molar-refractivity contribution in [3.05, 3.63) is 24.3 Å². The van der Waals surface area contributed by atoms with Crippen molar-refractivity contribution >= 4 is 23.3 Å². The molecule has 0 aliphatic carbocycles. The molecule has 3 rings (SSSR count). The van der Waals surface area contributed by atoms with Crippen LogP contribution in [-0.2, 0) is 4.79 Å². The van der Waals surface area contributed by atoms with Gasteiger partial charge in [-0.3, -0.25) is 9.69 Å². The minimum Gasteiger partial charge on any atom is -0.396 e. The first-order valence-electron chi connectivity index (χ1n) is 8.65. The highest BCUT2D eigenvalue weighted by molar-refractivity contribution is 6.11. The molecule has 0 unspecified atom stereocenters. The second-order valence-electron chi connectivity index (χ2n) is 6.77. The third kappa shape index (κ3) is 2.86. The van der Waals surface area contributed by atoms with Gasteiger partial charge in [0, 0.05) is 25.6 Å². The van der Waals surface area contributed by atoms with Crippen molar-refractivity contribution in [2.75, 3.05) is 29.9 Å². The van der Waals surface area contributed by atoms with E-state index in [4.69, 9.17) is 0 Å². The number of amides is 3. The van der Waals surface area contributed by atoms with E-state index >= 15 is 0 Å². The monoisotopic (exact) mass is 331 g/mol. The summed E-state index contributed by atoms with van der Waals surface area (Å²) in [6, 6.07) is 6.78. The zero-order valence-corrected chi connectivity index (χ0v) is 14.2. The number of hydrogen-bond acceptors (Lipinski definition) is 3. The summed E-state index contributed by atoms with van der Waals surface area (Å²) < 4.78 is 0. The maximum Gasteiger partial charge on any atom is 0.325 e. The van der Waals surface area contributed by atoms with Gasteiger partial charge in [-0.25, -0.2) is 4.79 Å². The zero-order chi connectivity index (χ0) is 17.3. The Morgan fingerprint density at radius 2 is 2.17 bits per heavy atom. The lowest BCUT2D eigenvalue weighted by molar-refractivity contribution is -0.118. The van der Waals surface area contributed by atoms with E-state index in [1.807, 2.05) is 38.1 Å². The van der Waals surface area contributed by atoms with Crippen LogP contribution in [0.1, 0.15) is 26.7 Å². The van der Waals surface area contributed by atoms with Crippen molar-refractivity contribution in [2.45, 2.75) is 32.7 Å². The molecule has 6 heteroatoms. The Hall–Kier alpha value is -2.08. The third-order valence-electron chi connectivity index (χ3n) is 5.17. The van der Waals surface area contributed by atoms with Crippen molar-refractivity contribution in [1.82, 2.24) is 4.90 Å². The number of likely N-dealkylation sites (tertiary alicyclic amines) is 1. The Morgan fingerprint density at radius 1 is 1.42 bits per heavy atom. The van der Waals surface area contributed by atoms with Gasteiger partial charge in [0.1, 0.15) is 6.04 Å². The summed E-state index contributed by atoms with van der Waals surface area (Å²) in [6.07, 6.45) is 1.61. The van der Waals surface area contributed by atoms with Crippen LogP contribution in [0.25, 0.3) is 0 Å². The maximum absolute atomic E-state index is 13.2. The lowest BCUT2D eigenvalue weighted by Crippen LogP contribution is -2.57. The standard InChI is InChI=1S/C18H25N3O3/c1-3-12(2)16-17(23)19-14-6-4-5-7-15(14)21(16)18(24)20-9-8-13(10-20)11-22/h4-7,12-13,16,22H,3,8-11H2,1-2H3,(H,19,23)/t12-,13+,16-/m0/s1. The molecular weight excluding hydrogens is 306 g/mol. The molecule has 0 saturated carbocycles. The normalized spacial score (nSPS) is 24.5. The first-order valence-corrected chi connectivity index (χ1v) is 8.65. The van der Waals surface area contributed by atoms with E-state index in [0.29, 0.717) is 18.8 Å². The van der Waals surface area contributed by atoms with Gasteiger partial charge < -0.3 is 15.3 Å². The van der Waals surface area contributed by atoms with Gasteiger partial charge in [0.2, 0.25) is 5.91 Å². The molecule has 2 N–H and O–H groups in total. The van der Waals surface area contributed by atoms with Crippen molar-refractivity contribution in [1.29, 1.82) is 0 Å². The van der Waals surface area contributed by atoms with Crippen LogP contribution in [0.15, 0.2) is 24.3 Å². The number of anilines is 2. The lowest BCUT2D eigenvalue weighted by atomic mass is 9.94. The molecule has 1 saturated heterocycles. The lowest BCUT2D eigenvalue weighted by Gasteiger charge is -2.40. The van der Waals surface area contributed by atoms with Gasteiger partial charge in [0.15, 0.2) is 0 Å². The average molecular weight is 331 g/mol. The summed E-state index contributed by atoms with van der Waals surface area (Å²) in [7, 11) is 0.